The van der Waals surface area contributed by atoms with Crippen molar-refractivity contribution in [2.75, 3.05) is 25.9 Å². The molecule has 2 rings (SSSR count). The lowest BCUT2D eigenvalue weighted by Gasteiger charge is -2.36. The van der Waals surface area contributed by atoms with Crippen LogP contribution in [0.5, 0.6) is 0 Å². The van der Waals surface area contributed by atoms with Crippen molar-refractivity contribution in [1.29, 1.82) is 0 Å². The van der Waals surface area contributed by atoms with E-state index in [1.807, 2.05) is 4.90 Å². The van der Waals surface area contributed by atoms with E-state index in [0.717, 1.165) is 13.0 Å². The van der Waals surface area contributed by atoms with Crippen molar-refractivity contribution in [3.63, 3.8) is 0 Å². The SMILES string of the molecule is COC1CN(C(=O)Cn2ccc(N)n2)CCC1C. The summed E-state index contributed by atoms with van der Waals surface area (Å²) in [6.07, 6.45) is 2.82. The van der Waals surface area contributed by atoms with Gasteiger partial charge in [-0.3, -0.25) is 9.48 Å². The zero-order valence-electron chi connectivity index (χ0n) is 10.9. The summed E-state index contributed by atoms with van der Waals surface area (Å²) in [7, 11) is 1.70. The van der Waals surface area contributed by atoms with E-state index in [1.165, 1.54) is 0 Å². The summed E-state index contributed by atoms with van der Waals surface area (Å²) in [6, 6.07) is 1.68. The summed E-state index contributed by atoms with van der Waals surface area (Å²) in [5.74, 6) is 0.997. The topological polar surface area (TPSA) is 73.4 Å². The first-order valence-corrected chi connectivity index (χ1v) is 6.19. The number of nitrogens with zero attached hydrogens (tertiary/aromatic N) is 3. The van der Waals surface area contributed by atoms with Crippen molar-refractivity contribution in [1.82, 2.24) is 14.7 Å². The third-order valence-electron chi connectivity index (χ3n) is 3.50. The molecule has 100 valence electrons. The number of aromatic nitrogens is 2. The summed E-state index contributed by atoms with van der Waals surface area (Å²) in [5.41, 5.74) is 5.52. The fourth-order valence-electron chi connectivity index (χ4n) is 2.27. The Morgan fingerprint density at radius 2 is 2.44 bits per heavy atom. The number of rotatable bonds is 3. The molecule has 0 radical (unpaired) electrons. The maximum absolute atomic E-state index is 12.1. The number of carbonyl (C=O) groups is 1. The Kier molecular flexibility index (Phi) is 3.86. The highest BCUT2D eigenvalue weighted by Crippen LogP contribution is 2.19. The molecule has 1 amide bonds. The van der Waals surface area contributed by atoms with Gasteiger partial charge in [-0.2, -0.15) is 5.10 Å². The van der Waals surface area contributed by atoms with Gasteiger partial charge in [0.1, 0.15) is 12.4 Å². The number of amides is 1. The predicted molar refractivity (Wildman–Crippen MR) is 67.8 cm³/mol. The molecule has 1 aromatic heterocycles. The number of methoxy groups -OCH3 is 1. The van der Waals surface area contributed by atoms with Gasteiger partial charge in [0.15, 0.2) is 0 Å². The molecule has 0 aliphatic carbocycles. The lowest BCUT2D eigenvalue weighted by atomic mass is 9.96. The minimum absolute atomic E-state index is 0.0621. The number of nitrogens with two attached hydrogens (primary N) is 1. The van der Waals surface area contributed by atoms with Crippen LogP contribution in [0, 0.1) is 5.92 Å². The molecule has 2 unspecified atom stereocenters. The smallest absolute Gasteiger partial charge is 0.244 e. The van der Waals surface area contributed by atoms with Gasteiger partial charge in [0.2, 0.25) is 5.91 Å². The number of nitrogen functional groups attached to an aromatic ring is 1. The van der Waals surface area contributed by atoms with Gasteiger partial charge in [0.25, 0.3) is 0 Å². The number of anilines is 1. The number of hydrogen-bond donors (Lipinski definition) is 1. The molecule has 6 heteroatoms. The van der Waals surface area contributed by atoms with Crippen molar-refractivity contribution >= 4 is 11.7 Å². The van der Waals surface area contributed by atoms with Crippen LogP contribution in [0.3, 0.4) is 0 Å². The molecule has 0 saturated carbocycles. The third kappa shape index (κ3) is 2.81. The number of ether oxygens (including phenoxy) is 1. The Labute approximate surface area is 107 Å². The fourth-order valence-corrected chi connectivity index (χ4v) is 2.27. The molecule has 2 N–H and O–H groups in total. The average molecular weight is 252 g/mol. The molecular weight excluding hydrogens is 232 g/mol. The Morgan fingerprint density at radius 3 is 3.06 bits per heavy atom. The minimum Gasteiger partial charge on any atom is -0.382 e. The monoisotopic (exact) mass is 252 g/mol. The molecule has 18 heavy (non-hydrogen) atoms. The van der Waals surface area contributed by atoms with Crippen LogP contribution < -0.4 is 5.73 Å². The molecule has 1 fully saturated rings. The molecule has 6 nitrogen and oxygen atoms in total. The summed E-state index contributed by atoms with van der Waals surface area (Å²) in [5, 5.41) is 4.02. The second-order valence-electron chi connectivity index (χ2n) is 4.82. The van der Waals surface area contributed by atoms with Crippen LogP contribution in [0.4, 0.5) is 5.82 Å². The Morgan fingerprint density at radius 1 is 1.67 bits per heavy atom. The first-order chi connectivity index (χ1) is 8.60. The molecule has 0 bridgehead atoms. The zero-order valence-corrected chi connectivity index (χ0v) is 10.9. The van der Waals surface area contributed by atoms with Gasteiger partial charge in [-0.25, -0.2) is 0 Å². The normalized spacial score (nSPS) is 24.2. The molecule has 2 heterocycles. The quantitative estimate of drug-likeness (QED) is 0.842. The summed E-state index contributed by atoms with van der Waals surface area (Å²) in [4.78, 5) is 14.0. The van der Waals surface area contributed by atoms with Gasteiger partial charge < -0.3 is 15.4 Å². The van der Waals surface area contributed by atoms with Crippen LogP contribution in [-0.2, 0) is 16.1 Å². The van der Waals surface area contributed by atoms with Crippen molar-refractivity contribution in [3.8, 4) is 0 Å². The van der Waals surface area contributed by atoms with E-state index in [-0.39, 0.29) is 18.6 Å². The van der Waals surface area contributed by atoms with Crippen LogP contribution >= 0.6 is 0 Å². The van der Waals surface area contributed by atoms with Crippen LogP contribution in [0.2, 0.25) is 0 Å². The fraction of sp³-hybridized carbons (Fsp3) is 0.667. The first kappa shape index (κ1) is 12.9. The van der Waals surface area contributed by atoms with Crippen LogP contribution in [0.25, 0.3) is 0 Å². The van der Waals surface area contributed by atoms with Gasteiger partial charge in [0, 0.05) is 26.4 Å². The zero-order chi connectivity index (χ0) is 13.1. The van der Waals surface area contributed by atoms with E-state index in [2.05, 4.69) is 12.0 Å². The molecule has 0 spiro atoms. The Balaban J connectivity index is 1.93. The molecular formula is C12H20N4O2. The largest absolute Gasteiger partial charge is 0.382 e. The minimum atomic E-state index is 0.0621. The number of likely N-dealkylation sites (tertiary alicyclic amines) is 1. The van der Waals surface area contributed by atoms with Gasteiger partial charge in [-0.05, 0) is 18.4 Å². The molecule has 1 aromatic rings. The first-order valence-electron chi connectivity index (χ1n) is 6.19. The van der Waals surface area contributed by atoms with E-state index < -0.39 is 0 Å². The molecule has 1 aliphatic heterocycles. The van der Waals surface area contributed by atoms with Gasteiger partial charge in [-0.15, -0.1) is 0 Å². The van der Waals surface area contributed by atoms with Crippen molar-refractivity contribution < 1.29 is 9.53 Å². The number of hydrogen-bond acceptors (Lipinski definition) is 4. The summed E-state index contributed by atoms with van der Waals surface area (Å²) < 4.78 is 6.97. The van der Waals surface area contributed by atoms with Crippen LogP contribution in [0.1, 0.15) is 13.3 Å². The second-order valence-corrected chi connectivity index (χ2v) is 4.82. The molecule has 2 atom stereocenters. The Bertz CT molecular complexity index is 418. The number of carbonyl (C=O) groups excluding carboxylic acids is 1. The van der Waals surface area contributed by atoms with Crippen molar-refractivity contribution in [3.05, 3.63) is 12.3 Å². The lowest BCUT2D eigenvalue weighted by Crippen LogP contribution is -2.47. The molecule has 0 aromatic carbocycles. The standard InChI is InChI=1S/C12H20N4O2/c1-9-3-5-15(7-10(9)18-2)12(17)8-16-6-4-11(13)14-16/h4,6,9-10H,3,5,7-8H2,1-2H3,(H2,13,14). The van der Waals surface area contributed by atoms with Crippen molar-refractivity contribution in [2.24, 2.45) is 5.92 Å². The van der Waals surface area contributed by atoms with Crippen LogP contribution in [0.15, 0.2) is 12.3 Å². The van der Waals surface area contributed by atoms with Gasteiger partial charge in [0.05, 0.1) is 6.10 Å². The van der Waals surface area contributed by atoms with E-state index in [4.69, 9.17) is 10.5 Å². The highest BCUT2D eigenvalue weighted by molar-refractivity contribution is 5.76. The van der Waals surface area contributed by atoms with Crippen LogP contribution in [-0.4, -0.2) is 46.9 Å². The van der Waals surface area contributed by atoms with E-state index in [9.17, 15) is 4.79 Å². The Hall–Kier alpha value is -1.56. The third-order valence-corrected chi connectivity index (χ3v) is 3.50. The van der Waals surface area contributed by atoms with E-state index in [1.54, 1.807) is 24.1 Å². The van der Waals surface area contributed by atoms with E-state index >= 15 is 0 Å². The predicted octanol–water partition coefficient (Wildman–Crippen LogP) is 0.349. The highest BCUT2D eigenvalue weighted by atomic mass is 16.5. The highest BCUT2D eigenvalue weighted by Gasteiger charge is 2.28. The second kappa shape index (κ2) is 5.39. The average Bonchev–Trinajstić information content (AvgIpc) is 2.75. The van der Waals surface area contributed by atoms with E-state index in [0.29, 0.717) is 18.3 Å². The van der Waals surface area contributed by atoms with Gasteiger partial charge in [-0.1, -0.05) is 6.92 Å². The summed E-state index contributed by atoms with van der Waals surface area (Å²) in [6.45, 7) is 3.84. The van der Waals surface area contributed by atoms with Gasteiger partial charge >= 0.3 is 0 Å². The molecule has 1 saturated heterocycles. The molecule has 1 aliphatic rings. The lowest BCUT2D eigenvalue weighted by molar-refractivity contribution is -0.137. The van der Waals surface area contributed by atoms with Crippen molar-refractivity contribution in [2.45, 2.75) is 26.0 Å². The number of piperidine rings is 1. The maximum Gasteiger partial charge on any atom is 0.244 e. The maximum atomic E-state index is 12.1. The summed E-state index contributed by atoms with van der Waals surface area (Å²) >= 11 is 0.